The summed E-state index contributed by atoms with van der Waals surface area (Å²) in [6, 6.07) is 14.1. The van der Waals surface area contributed by atoms with Gasteiger partial charge in [-0.05, 0) is 111 Å². The van der Waals surface area contributed by atoms with Crippen LogP contribution in [0.3, 0.4) is 0 Å². The fourth-order valence-corrected chi connectivity index (χ4v) is 8.99. The van der Waals surface area contributed by atoms with E-state index in [1.54, 1.807) is 52.1 Å². The molecule has 0 bridgehead atoms. The van der Waals surface area contributed by atoms with Gasteiger partial charge >= 0.3 is 6.18 Å². The normalized spacial score (nSPS) is 18.9. The number of nitrogens with zero attached hydrogens (tertiary/aromatic N) is 7. The van der Waals surface area contributed by atoms with Gasteiger partial charge in [0.25, 0.3) is 17.7 Å². The fraction of sp³-hybridized carbons (Fsp3) is 0.326. The highest BCUT2D eigenvalue weighted by Gasteiger charge is 2.46. The van der Waals surface area contributed by atoms with E-state index in [1.165, 1.54) is 24.3 Å². The first-order chi connectivity index (χ1) is 30.7. The number of likely N-dealkylation sites (tertiary alicyclic amines) is 1. The first-order valence-corrected chi connectivity index (χ1v) is 20.9. The maximum atomic E-state index is 15.4. The molecule has 1 unspecified atom stereocenters. The lowest BCUT2D eigenvalue weighted by atomic mass is 10.00. The van der Waals surface area contributed by atoms with Crippen molar-refractivity contribution >= 4 is 46.6 Å². The van der Waals surface area contributed by atoms with Gasteiger partial charge < -0.3 is 10.2 Å². The summed E-state index contributed by atoms with van der Waals surface area (Å²) in [7, 11) is 0. The number of anilines is 2. The quantitative estimate of drug-likeness (QED) is 0.129. The summed E-state index contributed by atoms with van der Waals surface area (Å²) in [5, 5.41) is 9.02. The van der Waals surface area contributed by atoms with Gasteiger partial charge in [-0.15, -0.1) is 0 Å². The SMILES string of the molecule is Cc1ccc(C(=O)Nc2ccc(N3CCN(C4CCN(Cc5cc(F)c6c(c5)C(=O)N(C5CCC(=O)NC5=O)C6=O)CC4)CC3)c(C(F)(F)F)c2)cc1C#Cc1cnc2cccnn12. The van der Waals surface area contributed by atoms with Gasteiger partial charge in [0.1, 0.15) is 17.6 Å². The molecule has 2 N–H and O–H groups in total. The van der Waals surface area contributed by atoms with Crippen molar-refractivity contribution in [2.75, 3.05) is 49.5 Å². The molecule has 3 fully saturated rings. The number of fused-ring (bicyclic) bond motifs is 2. The van der Waals surface area contributed by atoms with Crippen LogP contribution in [0.25, 0.3) is 5.65 Å². The molecule has 328 valence electrons. The third-order valence-electron chi connectivity index (χ3n) is 12.4. The number of imide groups is 2. The minimum absolute atomic E-state index is 0.00778. The zero-order chi connectivity index (χ0) is 44.9. The number of nitrogens with one attached hydrogen (secondary N) is 2. The monoisotopic (exact) mass is 875 g/mol. The topological polar surface area (TPSA) is 153 Å². The predicted octanol–water partition coefficient (Wildman–Crippen LogP) is 5.04. The number of aryl methyl sites for hydroxylation is 1. The minimum atomic E-state index is -4.68. The van der Waals surface area contributed by atoms with Crippen molar-refractivity contribution in [1.29, 1.82) is 0 Å². The summed E-state index contributed by atoms with van der Waals surface area (Å²) >= 11 is 0. The van der Waals surface area contributed by atoms with Crippen molar-refractivity contribution in [2.24, 2.45) is 0 Å². The summed E-state index contributed by atoms with van der Waals surface area (Å²) in [6.45, 7) is 5.30. The van der Waals surface area contributed by atoms with Crippen LogP contribution in [-0.4, -0.2) is 110 Å². The number of alkyl halides is 3. The van der Waals surface area contributed by atoms with Crippen LogP contribution in [0.15, 0.2) is 73.1 Å². The molecular formula is C46H41F4N9O5. The van der Waals surface area contributed by atoms with Crippen molar-refractivity contribution < 1.29 is 41.5 Å². The maximum Gasteiger partial charge on any atom is 0.418 e. The number of hydrogen-bond donors (Lipinski definition) is 2. The van der Waals surface area contributed by atoms with E-state index in [2.05, 4.69) is 42.4 Å². The summed E-state index contributed by atoms with van der Waals surface area (Å²) < 4.78 is 60.7. The average molecular weight is 876 g/mol. The zero-order valence-electron chi connectivity index (χ0n) is 34.5. The van der Waals surface area contributed by atoms with Gasteiger partial charge in [-0.3, -0.25) is 44.0 Å². The number of imidazole rings is 1. The third-order valence-corrected chi connectivity index (χ3v) is 12.4. The van der Waals surface area contributed by atoms with Gasteiger partial charge in [0.2, 0.25) is 11.8 Å². The average Bonchev–Trinajstić information content (AvgIpc) is 3.80. The number of halogens is 4. The van der Waals surface area contributed by atoms with E-state index in [0.717, 1.165) is 29.4 Å². The molecule has 3 aromatic carbocycles. The molecule has 4 aliphatic rings. The molecule has 0 radical (unpaired) electrons. The van der Waals surface area contributed by atoms with Gasteiger partial charge in [-0.2, -0.15) is 18.3 Å². The highest BCUT2D eigenvalue weighted by molar-refractivity contribution is 6.23. The second-order valence-electron chi connectivity index (χ2n) is 16.4. The number of hydrogen-bond acceptors (Lipinski definition) is 10. The Kier molecular flexibility index (Phi) is 11.2. The molecular weight excluding hydrogens is 835 g/mol. The van der Waals surface area contributed by atoms with Gasteiger partial charge in [0.15, 0.2) is 5.65 Å². The Hall–Kier alpha value is -6.97. The number of piperidine rings is 2. The van der Waals surface area contributed by atoms with Crippen LogP contribution < -0.4 is 15.5 Å². The highest BCUT2D eigenvalue weighted by atomic mass is 19.4. The van der Waals surface area contributed by atoms with Crippen LogP contribution in [0, 0.1) is 24.6 Å². The standard InChI is InChI=1S/C46H41F4N9O5/c1-27-4-5-30(23-29(27)6-8-33-25-51-39-3-2-14-52-59(33)39)42(61)53-31-7-9-37(35(24-31)46(48,49)50)57-19-17-56(18-20-57)32-12-15-55(16-13-32)26-28-21-34-41(36(47)22-28)45(64)58(44(34)63)38-10-11-40(60)54-43(38)62/h2-5,7,9,14,21-25,32,38H,10-13,15-20,26H2,1H3,(H,53,61)(H,54,60,62). The highest BCUT2D eigenvalue weighted by Crippen LogP contribution is 2.39. The number of carbonyl (C=O) groups excluding carboxylic acids is 5. The van der Waals surface area contributed by atoms with Crippen LogP contribution in [0.5, 0.6) is 0 Å². The maximum absolute atomic E-state index is 15.4. The number of amides is 5. The molecule has 0 aliphatic carbocycles. The summed E-state index contributed by atoms with van der Waals surface area (Å²) in [5.41, 5.74) is 2.03. The second-order valence-corrected chi connectivity index (χ2v) is 16.4. The van der Waals surface area contributed by atoms with Crippen molar-refractivity contribution in [2.45, 2.75) is 57.4 Å². The van der Waals surface area contributed by atoms with E-state index in [0.29, 0.717) is 68.3 Å². The Balaban J connectivity index is 0.798. The van der Waals surface area contributed by atoms with Crippen molar-refractivity contribution in [3.05, 3.63) is 124 Å². The lowest BCUT2D eigenvalue weighted by Gasteiger charge is -2.43. The summed E-state index contributed by atoms with van der Waals surface area (Å²) in [4.78, 5) is 74.9. The molecule has 5 amide bonds. The Morgan fingerprint density at radius 2 is 1.69 bits per heavy atom. The lowest BCUT2D eigenvalue weighted by Crippen LogP contribution is -2.54. The molecule has 5 aromatic rings. The van der Waals surface area contributed by atoms with E-state index in [4.69, 9.17) is 0 Å². The molecule has 6 heterocycles. The molecule has 4 aliphatic heterocycles. The molecule has 18 heteroatoms. The van der Waals surface area contributed by atoms with E-state index in [-0.39, 0.29) is 46.9 Å². The first kappa shape index (κ1) is 42.3. The van der Waals surface area contributed by atoms with Gasteiger partial charge in [0.05, 0.1) is 22.9 Å². The van der Waals surface area contributed by atoms with Crippen LogP contribution in [0.2, 0.25) is 0 Å². The largest absolute Gasteiger partial charge is 0.418 e. The van der Waals surface area contributed by atoms with Crippen LogP contribution >= 0.6 is 0 Å². The lowest BCUT2D eigenvalue weighted by molar-refractivity contribution is -0.137. The van der Waals surface area contributed by atoms with Gasteiger partial charge in [0, 0.05) is 73.9 Å². The molecule has 14 nitrogen and oxygen atoms in total. The van der Waals surface area contributed by atoms with E-state index < -0.39 is 53.1 Å². The summed E-state index contributed by atoms with van der Waals surface area (Å²) in [5.74, 6) is 1.73. The molecule has 1 atom stereocenters. The Morgan fingerprint density at radius 3 is 2.44 bits per heavy atom. The second kappa shape index (κ2) is 17.0. The Labute approximate surface area is 364 Å². The van der Waals surface area contributed by atoms with Gasteiger partial charge in [-0.25, -0.2) is 13.9 Å². The van der Waals surface area contributed by atoms with E-state index in [9.17, 15) is 37.1 Å². The molecule has 9 rings (SSSR count). The molecule has 64 heavy (non-hydrogen) atoms. The number of aromatic nitrogens is 3. The molecule has 0 spiro atoms. The van der Waals surface area contributed by atoms with Crippen LogP contribution in [-0.2, 0) is 22.3 Å². The molecule has 0 saturated carbocycles. The smallest absolute Gasteiger partial charge is 0.368 e. The number of piperazine rings is 1. The first-order valence-electron chi connectivity index (χ1n) is 20.9. The predicted molar refractivity (Wildman–Crippen MR) is 225 cm³/mol. The number of rotatable bonds is 7. The zero-order valence-corrected chi connectivity index (χ0v) is 34.5. The van der Waals surface area contributed by atoms with Gasteiger partial charge in [-0.1, -0.05) is 12.0 Å². The Bertz CT molecular complexity index is 2800. The van der Waals surface area contributed by atoms with E-state index >= 15 is 4.39 Å². The van der Waals surface area contributed by atoms with Crippen molar-refractivity contribution in [1.82, 2.24) is 34.6 Å². The fourth-order valence-electron chi connectivity index (χ4n) is 8.99. The van der Waals surface area contributed by atoms with Crippen LogP contribution in [0.4, 0.5) is 28.9 Å². The summed E-state index contributed by atoms with van der Waals surface area (Å²) in [6.07, 6.45) is -0.00131. The van der Waals surface area contributed by atoms with Crippen molar-refractivity contribution in [3.63, 3.8) is 0 Å². The minimum Gasteiger partial charge on any atom is -0.368 e. The van der Waals surface area contributed by atoms with Crippen LogP contribution in [0.1, 0.15) is 84.7 Å². The molecule has 2 aromatic heterocycles. The number of benzene rings is 3. The third kappa shape index (κ3) is 8.31. The van der Waals surface area contributed by atoms with Crippen molar-refractivity contribution in [3.8, 4) is 11.8 Å². The Morgan fingerprint density at radius 1 is 0.906 bits per heavy atom. The molecule has 3 saturated heterocycles. The van der Waals surface area contributed by atoms with E-state index in [1.807, 2.05) is 6.92 Å². The number of carbonyl (C=O) groups is 5.